The molecule has 1 fully saturated rings. The monoisotopic (exact) mass is 281 g/mol. The molecule has 1 aromatic rings. The van der Waals surface area contributed by atoms with E-state index in [0.717, 1.165) is 25.0 Å². The molecule has 0 aliphatic heterocycles. The van der Waals surface area contributed by atoms with E-state index in [2.05, 4.69) is 5.32 Å². The van der Waals surface area contributed by atoms with Crippen LogP contribution < -0.4 is 11.1 Å². The number of nitro benzene ring substituents is 1. The molecule has 2 rings (SSSR count). The Morgan fingerprint density at radius 2 is 2.30 bits per heavy atom. The third-order valence-corrected chi connectivity index (χ3v) is 3.95. The zero-order valence-corrected chi connectivity index (χ0v) is 11.1. The highest BCUT2D eigenvalue weighted by atomic mass is 19.1. The van der Waals surface area contributed by atoms with Gasteiger partial charge in [-0.3, -0.25) is 14.9 Å². The van der Waals surface area contributed by atoms with Crippen LogP contribution in [0.4, 0.5) is 15.8 Å². The molecule has 20 heavy (non-hydrogen) atoms. The number of nitrogens with two attached hydrogens (primary N) is 1. The second-order valence-corrected chi connectivity index (χ2v) is 5.29. The lowest BCUT2D eigenvalue weighted by Crippen LogP contribution is -2.44. The number of rotatable bonds is 3. The summed E-state index contributed by atoms with van der Waals surface area (Å²) >= 11 is 0. The first-order valence-electron chi connectivity index (χ1n) is 6.35. The lowest BCUT2D eigenvalue weighted by Gasteiger charge is -2.27. The molecule has 0 aromatic heterocycles. The SMILES string of the molecule is CC1(C(=O)Nc2ccc([N+](=O)[O-])c(F)c2)CCCC1N. The van der Waals surface area contributed by atoms with Crippen molar-refractivity contribution >= 4 is 17.3 Å². The number of hydrogen-bond donors (Lipinski definition) is 2. The summed E-state index contributed by atoms with van der Waals surface area (Å²) in [6.07, 6.45) is 2.33. The smallest absolute Gasteiger partial charge is 0.304 e. The van der Waals surface area contributed by atoms with Crippen molar-refractivity contribution in [2.75, 3.05) is 5.32 Å². The minimum absolute atomic E-state index is 0.193. The van der Waals surface area contributed by atoms with Crippen LogP contribution in [0.25, 0.3) is 0 Å². The van der Waals surface area contributed by atoms with Crippen molar-refractivity contribution in [2.45, 2.75) is 32.2 Å². The number of benzene rings is 1. The second kappa shape index (κ2) is 5.16. The number of amides is 1. The Bertz CT molecular complexity index is 564. The Kier molecular flexibility index (Phi) is 3.71. The summed E-state index contributed by atoms with van der Waals surface area (Å²) in [6, 6.07) is 3.05. The van der Waals surface area contributed by atoms with Gasteiger partial charge >= 0.3 is 5.69 Å². The fourth-order valence-electron chi connectivity index (χ4n) is 2.48. The summed E-state index contributed by atoms with van der Waals surface area (Å²) in [4.78, 5) is 21.9. The Morgan fingerprint density at radius 3 is 2.80 bits per heavy atom. The van der Waals surface area contributed by atoms with Crippen LogP contribution in [0.5, 0.6) is 0 Å². The van der Waals surface area contributed by atoms with Crippen molar-refractivity contribution in [3.05, 3.63) is 34.1 Å². The fourth-order valence-corrected chi connectivity index (χ4v) is 2.48. The standard InChI is InChI=1S/C13H16FN3O3/c1-13(6-2-3-11(13)15)12(18)16-8-4-5-10(17(19)20)9(14)7-8/h4-5,7,11H,2-3,6,15H2,1H3,(H,16,18). The number of nitrogens with zero attached hydrogens (tertiary/aromatic N) is 1. The summed E-state index contributed by atoms with van der Waals surface area (Å²) in [5, 5.41) is 13.1. The largest absolute Gasteiger partial charge is 0.327 e. The number of nitrogens with one attached hydrogen (secondary N) is 1. The van der Waals surface area contributed by atoms with Crippen LogP contribution in [0.2, 0.25) is 0 Å². The average Bonchev–Trinajstić information content (AvgIpc) is 2.70. The molecule has 1 saturated carbocycles. The first kappa shape index (κ1) is 14.4. The van der Waals surface area contributed by atoms with Gasteiger partial charge in [0.05, 0.1) is 10.3 Å². The minimum Gasteiger partial charge on any atom is -0.327 e. The predicted molar refractivity (Wildman–Crippen MR) is 71.6 cm³/mol. The summed E-state index contributed by atoms with van der Waals surface area (Å²) in [7, 11) is 0. The second-order valence-electron chi connectivity index (χ2n) is 5.29. The van der Waals surface area contributed by atoms with Crippen LogP contribution in [0, 0.1) is 21.3 Å². The molecule has 2 atom stereocenters. The van der Waals surface area contributed by atoms with E-state index in [9.17, 15) is 19.3 Å². The van der Waals surface area contributed by atoms with E-state index in [0.29, 0.717) is 6.42 Å². The van der Waals surface area contributed by atoms with Crippen LogP contribution in [-0.4, -0.2) is 16.9 Å². The highest BCUT2D eigenvalue weighted by molar-refractivity contribution is 5.96. The summed E-state index contributed by atoms with van der Waals surface area (Å²) in [5.41, 5.74) is 4.83. The number of nitro groups is 1. The third-order valence-electron chi connectivity index (χ3n) is 3.95. The van der Waals surface area contributed by atoms with Gasteiger partial charge in [-0.05, 0) is 25.8 Å². The topological polar surface area (TPSA) is 98.3 Å². The molecule has 0 heterocycles. The van der Waals surface area contributed by atoms with Crippen LogP contribution in [-0.2, 0) is 4.79 Å². The van der Waals surface area contributed by atoms with Gasteiger partial charge in [-0.15, -0.1) is 0 Å². The van der Waals surface area contributed by atoms with Crippen LogP contribution in [0.15, 0.2) is 18.2 Å². The van der Waals surface area contributed by atoms with Gasteiger partial charge in [0, 0.05) is 23.9 Å². The molecular weight excluding hydrogens is 265 g/mol. The molecule has 0 spiro atoms. The molecule has 0 saturated heterocycles. The third kappa shape index (κ3) is 2.49. The van der Waals surface area contributed by atoms with Gasteiger partial charge in [0.25, 0.3) is 0 Å². The maximum atomic E-state index is 13.5. The van der Waals surface area contributed by atoms with Gasteiger partial charge in [0.15, 0.2) is 0 Å². The van der Waals surface area contributed by atoms with E-state index >= 15 is 0 Å². The summed E-state index contributed by atoms with van der Waals surface area (Å²) < 4.78 is 13.5. The lowest BCUT2D eigenvalue weighted by atomic mass is 9.84. The van der Waals surface area contributed by atoms with Gasteiger partial charge in [0.1, 0.15) is 0 Å². The van der Waals surface area contributed by atoms with Crippen molar-refractivity contribution in [1.29, 1.82) is 0 Å². The Hall–Kier alpha value is -2.02. The fraction of sp³-hybridized carbons (Fsp3) is 0.462. The van der Waals surface area contributed by atoms with E-state index in [1.807, 2.05) is 0 Å². The first-order chi connectivity index (χ1) is 9.34. The highest BCUT2D eigenvalue weighted by Gasteiger charge is 2.43. The maximum absolute atomic E-state index is 13.5. The molecule has 7 heteroatoms. The number of hydrogen-bond acceptors (Lipinski definition) is 4. The first-order valence-corrected chi connectivity index (χ1v) is 6.35. The zero-order valence-electron chi connectivity index (χ0n) is 11.1. The van der Waals surface area contributed by atoms with E-state index in [1.54, 1.807) is 6.92 Å². The van der Waals surface area contributed by atoms with E-state index in [1.165, 1.54) is 6.07 Å². The number of anilines is 1. The minimum atomic E-state index is -0.978. The molecule has 1 aliphatic carbocycles. The molecule has 3 N–H and O–H groups in total. The molecule has 108 valence electrons. The zero-order chi connectivity index (χ0) is 14.9. The van der Waals surface area contributed by atoms with Gasteiger partial charge in [-0.1, -0.05) is 6.42 Å². The number of carbonyl (C=O) groups excluding carboxylic acids is 1. The average molecular weight is 281 g/mol. The van der Waals surface area contributed by atoms with Gasteiger partial charge < -0.3 is 11.1 Å². The van der Waals surface area contributed by atoms with E-state index in [4.69, 9.17) is 5.73 Å². The van der Waals surface area contributed by atoms with E-state index < -0.39 is 21.8 Å². The van der Waals surface area contributed by atoms with Gasteiger partial charge in [-0.25, -0.2) is 0 Å². The van der Waals surface area contributed by atoms with Gasteiger partial charge in [0.2, 0.25) is 11.7 Å². The Labute approximate surface area is 115 Å². The molecular formula is C13H16FN3O3. The van der Waals surface area contributed by atoms with E-state index in [-0.39, 0.29) is 17.6 Å². The summed E-state index contributed by atoms with van der Waals surface area (Å²) in [5.74, 6) is -1.26. The molecule has 0 radical (unpaired) electrons. The predicted octanol–water partition coefficient (Wildman–Crippen LogP) is 2.19. The van der Waals surface area contributed by atoms with Crippen molar-refractivity contribution < 1.29 is 14.1 Å². The Balaban J connectivity index is 2.16. The number of carbonyl (C=O) groups is 1. The van der Waals surface area contributed by atoms with Crippen molar-refractivity contribution in [3.63, 3.8) is 0 Å². The Morgan fingerprint density at radius 1 is 1.60 bits per heavy atom. The van der Waals surface area contributed by atoms with Gasteiger partial charge in [-0.2, -0.15) is 4.39 Å². The summed E-state index contributed by atoms with van der Waals surface area (Å²) in [6.45, 7) is 1.78. The van der Waals surface area contributed by atoms with Crippen molar-refractivity contribution in [2.24, 2.45) is 11.1 Å². The molecule has 1 aliphatic rings. The number of halogens is 1. The van der Waals surface area contributed by atoms with Crippen LogP contribution >= 0.6 is 0 Å². The van der Waals surface area contributed by atoms with Crippen molar-refractivity contribution in [3.8, 4) is 0 Å². The van der Waals surface area contributed by atoms with Crippen LogP contribution in [0.3, 0.4) is 0 Å². The normalized spacial score (nSPS) is 25.4. The highest BCUT2D eigenvalue weighted by Crippen LogP contribution is 2.37. The van der Waals surface area contributed by atoms with Crippen molar-refractivity contribution in [1.82, 2.24) is 0 Å². The van der Waals surface area contributed by atoms with Crippen LogP contribution in [0.1, 0.15) is 26.2 Å². The maximum Gasteiger partial charge on any atom is 0.304 e. The molecule has 0 bridgehead atoms. The quantitative estimate of drug-likeness (QED) is 0.655. The lowest BCUT2D eigenvalue weighted by molar-refractivity contribution is -0.387. The molecule has 6 nitrogen and oxygen atoms in total. The molecule has 1 amide bonds. The molecule has 1 aromatic carbocycles. The molecule has 2 unspecified atom stereocenters.